The summed E-state index contributed by atoms with van der Waals surface area (Å²) in [5.74, 6) is 2.47. The zero-order chi connectivity index (χ0) is 18.9. The van der Waals surface area contributed by atoms with Crippen molar-refractivity contribution in [2.45, 2.75) is 6.92 Å². The maximum absolute atomic E-state index is 12.0. The number of aromatic hydroxyl groups is 1. The van der Waals surface area contributed by atoms with Gasteiger partial charge in [0, 0.05) is 0 Å². The second kappa shape index (κ2) is 9.35. The molecule has 0 aromatic heterocycles. The van der Waals surface area contributed by atoms with Crippen LogP contribution in [0.15, 0.2) is 41.5 Å². The number of carbonyl (C=O) groups is 1. The van der Waals surface area contributed by atoms with Crippen LogP contribution in [-0.2, 0) is 0 Å². The fraction of sp³-hybridized carbons (Fsp3) is 0.158. The van der Waals surface area contributed by atoms with Crippen molar-refractivity contribution in [3.63, 3.8) is 0 Å². The van der Waals surface area contributed by atoms with Gasteiger partial charge in [0.1, 0.15) is 12.4 Å². The molecule has 0 heterocycles. The first-order chi connectivity index (χ1) is 12.6. The minimum atomic E-state index is -0.538. The summed E-state index contributed by atoms with van der Waals surface area (Å²) in [6.45, 7) is 2.30. The maximum atomic E-state index is 12.0. The molecule has 0 atom stereocenters. The fourth-order valence-corrected chi connectivity index (χ4v) is 2.34. The number of nitrogens with zero attached hydrogens (tertiary/aromatic N) is 1. The molecule has 0 saturated heterocycles. The molecule has 2 N–H and O–H groups in total. The largest absolute Gasteiger partial charge is 0.507 e. The van der Waals surface area contributed by atoms with Crippen molar-refractivity contribution in [2.75, 3.05) is 13.2 Å². The van der Waals surface area contributed by atoms with Crippen LogP contribution < -0.4 is 14.9 Å². The van der Waals surface area contributed by atoms with Crippen molar-refractivity contribution in [1.82, 2.24) is 5.43 Å². The third-order valence-electron chi connectivity index (χ3n) is 3.16. The fourth-order valence-electron chi connectivity index (χ4n) is 2.07. The van der Waals surface area contributed by atoms with Gasteiger partial charge in [-0.2, -0.15) is 5.10 Å². The van der Waals surface area contributed by atoms with E-state index in [0.29, 0.717) is 28.7 Å². The predicted molar refractivity (Wildman–Crippen MR) is 100 cm³/mol. The lowest BCUT2D eigenvalue weighted by Crippen LogP contribution is -2.17. The topological polar surface area (TPSA) is 80.2 Å². The van der Waals surface area contributed by atoms with Crippen molar-refractivity contribution in [2.24, 2.45) is 5.10 Å². The van der Waals surface area contributed by atoms with Crippen molar-refractivity contribution >= 4 is 23.7 Å². The van der Waals surface area contributed by atoms with Crippen LogP contribution in [0.25, 0.3) is 0 Å². The minimum Gasteiger partial charge on any atom is -0.507 e. The number of hydrogen-bond donors (Lipinski definition) is 2. The number of nitrogens with one attached hydrogen (secondary N) is 1. The average molecular weight is 373 g/mol. The summed E-state index contributed by atoms with van der Waals surface area (Å²) in [5.41, 5.74) is 3.05. The molecule has 2 aromatic carbocycles. The summed E-state index contributed by atoms with van der Waals surface area (Å²) in [4.78, 5) is 12.0. The van der Waals surface area contributed by atoms with Crippen LogP contribution >= 0.6 is 11.6 Å². The quantitative estimate of drug-likeness (QED) is 0.444. The number of hydrazone groups is 1. The van der Waals surface area contributed by atoms with Crippen LogP contribution in [-0.4, -0.2) is 30.4 Å². The van der Waals surface area contributed by atoms with Crippen LogP contribution in [0.2, 0.25) is 5.02 Å². The van der Waals surface area contributed by atoms with E-state index in [1.165, 1.54) is 18.3 Å². The van der Waals surface area contributed by atoms with Gasteiger partial charge >= 0.3 is 0 Å². The highest BCUT2D eigenvalue weighted by molar-refractivity contribution is 6.32. The lowest BCUT2D eigenvalue weighted by atomic mass is 10.2. The van der Waals surface area contributed by atoms with E-state index >= 15 is 0 Å². The smallest absolute Gasteiger partial charge is 0.275 e. The number of carbonyl (C=O) groups excluding carboxylic acids is 1. The Balaban J connectivity index is 2.16. The lowest BCUT2D eigenvalue weighted by Gasteiger charge is -2.12. The molecule has 0 aliphatic heterocycles. The number of phenols is 1. The van der Waals surface area contributed by atoms with E-state index in [9.17, 15) is 9.90 Å². The highest BCUT2D eigenvalue weighted by Gasteiger charge is 2.12. The molecule has 26 heavy (non-hydrogen) atoms. The van der Waals surface area contributed by atoms with Crippen LogP contribution in [0.3, 0.4) is 0 Å². The van der Waals surface area contributed by atoms with E-state index in [1.807, 2.05) is 6.92 Å². The van der Waals surface area contributed by atoms with Crippen molar-refractivity contribution in [3.8, 4) is 29.6 Å². The Bertz CT molecular complexity index is 859. The third-order valence-corrected chi connectivity index (χ3v) is 3.44. The molecular formula is C19H17ClN2O4. The van der Waals surface area contributed by atoms with Crippen molar-refractivity contribution in [1.29, 1.82) is 0 Å². The van der Waals surface area contributed by atoms with Crippen molar-refractivity contribution < 1.29 is 19.4 Å². The molecule has 0 spiro atoms. The summed E-state index contributed by atoms with van der Waals surface area (Å²) >= 11 is 6.21. The van der Waals surface area contributed by atoms with Gasteiger partial charge < -0.3 is 14.6 Å². The summed E-state index contributed by atoms with van der Waals surface area (Å²) in [6.07, 6.45) is 6.59. The highest BCUT2D eigenvalue weighted by atomic mass is 35.5. The third kappa shape index (κ3) is 4.91. The van der Waals surface area contributed by atoms with Gasteiger partial charge in [-0.1, -0.05) is 29.7 Å². The molecule has 0 bridgehead atoms. The molecule has 2 aromatic rings. The Labute approximate surface area is 156 Å². The monoisotopic (exact) mass is 372 g/mol. The maximum Gasteiger partial charge on any atom is 0.275 e. The second-order valence-electron chi connectivity index (χ2n) is 4.97. The average Bonchev–Trinajstić information content (AvgIpc) is 2.61. The van der Waals surface area contributed by atoms with Gasteiger partial charge in [0.15, 0.2) is 11.5 Å². The number of amides is 1. The SMILES string of the molecule is C#CCOc1c(Cl)cc(/C=N\NC(=O)c2ccccc2O)cc1OCC. The molecule has 0 saturated carbocycles. The molecule has 134 valence electrons. The zero-order valence-electron chi connectivity index (χ0n) is 14.0. The Morgan fingerprint density at radius 1 is 1.38 bits per heavy atom. The number of phenolic OH excluding ortho intramolecular Hbond substituents is 1. The Morgan fingerprint density at radius 3 is 2.85 bits per heavy atom. The number of hydrogen-bond acceptors (Lipinski definition) is 5. The van der Waals surface area contributed by atoms with Gasteiger partial charge in [-0.05, 0) is 36.8 Å². The number of rotatable bonds is 7. The summed E-state index contributed by atoms with van der Waals surface area (Å²) in [5, 5.41) is 13.8. The summed E-state index contributed by atoms with van der Waals surface area (Å²) < 4.78 is 10.9. The normalized spacial score (nSPS) is 10.3. The van der Waals surface area contributed by atoms with Crippen LogP contribution in [0.4, 0.5) is 0 Å². The van der Waals surface area contributed by atoms with Gasteiger partial charge in [-0.25, -0.2) is 5.43 Å². The van der Waals surface area contributed by atoms with E-state index in [-0.39, 0.29) is 17.9 Å². The Kier molecular flexibility index (Phi) is 6.89. The van der Waals surface area contributed by atoms with Gasteiger partial charge in [-0.3, -0.25) is 4.79 Å². The van der Waals surface area contributed by atoms with Gasteiger partial charge in [0.25, 0.3) is 5.91 Å². The highest BCUT2D eigenvalue weighted by Crippen LogP contribution is 2.36. The summed E-state index contributed by atoms with van der Waals surface area (Å²) in [6, 6.07) is 9.43. The molecule has 0 aliphatic rings. The van der Waals surface area contributed by atoms with E-state index in [4.69, 9.17) is 27.5 Å². The molecule has 2 rings (SSSR count). The Hall–Kier alpha value is -3.17. The first-order valence-corrected chi connectivity index (χ1v) is 8.08. The molecule has 0 radical (unpaired) electrons. The van der Waals surface area contributed by atoms with E-state index in [2.05, 4.69) is 16.4 Å². The number of para-hydroxylation sites is 1. The minimum absolute atomic E-state index is 0.0594. The number of ether oxygens (including phenoxy) is 2. The van der Waals surface area contributed by atoms with Crippen molar-refractivity contribution in [3.05, 3.63) is 52.5 Å². The molecule has 0 fully saturated rings. The number of benzene rings is 2. The molecule has 7 heteroatoms. The van der Waals surface area contributed by atoms with Gasteiger partial charge in [0.05, 0.1) is 23.4 Å². The van der Waals surface area contributed by atoms with E-state index in [0.717, 1.165) is 0 Å². The van der Waals surface area contributed by atoms with Crippen LogP contribution in [0, 0.1) is 12.3 Å². The molecule has 0 unspecified atom stereocenters. The van der Waals surface area contributed by atoms with Gasteiger partial charge in [0.2, 0.25) is 0 Å². The van der Waals surface area contributed by atoms with Gasteiger partial charge in [-0.15, -0.1) is 6.42 Å². The van der Waals surface area contributed by atoms with Crippen LogP contribution in [0.1, 0.15) is 22.8 Å². The number of halogens is 1. The lowest BCUT2D eigenvalue weighted by molar-refractivity contribution is 0.0952. The van der Waals surface area contributed by atoms with E-state index in [1.54, 1.807) is 24.3 Å². The Morgan fingerprint density at radius 2 is 2.15 bits per heavy atom. The zero-order valence-corrected chi connectivity index (χ0v) is 14.8. The molecular weight excluding hydrogens is 356 g/mol. The molecule has 1 amide bonds. The summed E-state index contributed by atoms with van der Waals surface area (Å²) in [7, 11) is 0. The second-order valence-corrected chi connectivity index (χ2v) is 5.38. The number of terminal acetylenes is 1. The van der Waals surface area contributed by atoms with E-state index < -0.39 is 5.91 Å². The molecule has 0 aliphatic carbocycles. The standard InChI is InChI=1S/C19H17ClN2O4/c1-3-9-26-18-15(20)10-13(11-17(18)25-4-2)12-21-22-19(24)14-7-5-6-8-16(14)23/h1,5-8,10-12,23H,4,9H2,2H3,(H,22,24)/b21-12-. The first kappa shape index (κ1) is 19.2. The molecule has 6 nitrogen and oxygen atoms in total. The van der Waals surface area contributed by atoms with Crippen LogP contribution in [0.5, 0.6) is 17.2 Å². The first-order valence-electron chi connectivity index (χ1n) is 7.70. The predicted octanol–water partition coefficient (Wildman–Crippen LogP) is 3.22.